The Morgan fingerprint density at radius 3 is 2.30 bits per heavy atom. The van der Waals surface area contributed by atoms with E-state index >= 15 is 0 Å². The van der Waals surface area contributed by atoms with Crippen molar-refractivity contribution in [2.24, 2.45) is 0 Å². The van der Waals surface area contributed by atoms with Crippen LogP contribution in [0.4, 0.5) is 0 Å². The maximum atomic E-state index is 5.43. The van der Waals surface area contributed by atoms with Crippen LogP contribution in [-0.4, -0.2) is 85.9 Å². The molecule has 3 rings (SSSR count). The summed E-state index contributed by atoms with van der Waals surface area (Å²) in [7, 11) is 0. The predicted molar refractivity (Wildman–Crippen MR) is 99.4 cm³/mol. The van der Waals surface area contributed by atoms with Crippen LogP contribution in [0.5, 0.6) is 0 Å². The number of ether oxygens (including phenoxy) is 1. The zero-order chi connectivity index (χ0) is 15.9. The molecule has 134 valence electrons. The highest BCUT2D eigenvalue weighted by molar-refractivity contribution is 7.99. The monoisotopic (exact) mass is 341 g/mol. The molecular weight excluding hydrogens is 306 g/mol. The average Bonchev–Trinajstić information content (AvgIpc) is 2.62. The third-order valence-electron chi connectivity index (χ3n) is 5.85. The number of piperidine rings is 1. The van der Waals surface area contributed by atoms with E-state index in [0.717, 1.165) is 43.6 Å². The Bertz CT molecular complexity index is 330. The third-order valence-corrected chi connectivity index (χ3v) is 6.95. The molecule has 3 aliphatic rings. The third kappa shape index (κ3) is 5.89. The highest BCUT2D eigenvalue weighted by atomic mass is 32.2. The van der Waals surface area contributed by atoms with Crippen LogP contribution < -0.4 is 5.32 Å². The highest BCUT2D eigenvalue weighted by Crippen LogP contribution is 2.27. The number of hydrogen-bond donors (Lipinski definition) is 1. The van der Waals surface area contributed by atoms with E-state index < -0.39 is 0 Å². The maximum Gasteiger partial charge on any atom is 0.0594 e. The summed E-state index contributed by atoms with van der Waals surface area (Å²) >= 11 is 2.07. The molecule has 23 heavy (non-hydrogen) atoms. The zero-order valence-electron chi connectivity index (χ0n) is 14.8. The Kier molecular flexibility index (Phi) is 7.52. The van der Waals surface area contributed by atoms with Gasteiger partial charge in [-0.3, -0.25) is 4.90 Å². The highest BCUT2D eigenvalue weighted by Gasteiger charge is 2.26. The van der Waals surface area contributed by atoms with Crippen molar-refractivity contribution in [1.29, 1.82) is 0 Å². The van der Waals surface area contributed by atoms with E-state index in [4.69, 9.17) is 4.74 Å². The van der Waals surface area contributed by atoms with Crippen molar-refractivity contribution in [3.63, 3.8) is 0 Å². The molecule has 2 atom stereocenters. The second-order valence-corrected chi connectivity index (χ2v) is 8.60. The van der Waals surface area contributed by atoms with Crippen molar-refractivity contribution < 1.29 is 4.74 Å². The molecule has 0 aromatic rings. The molecule has 0 aromatic heterocycles. The fourth-order valence-corrected chi connectivity index (χ4v) is 5.10. The van der Waals surface area contributed by atoms with Crippen LogP contribution in [0.2, 0.25) is 0 Å². The van der Waals surface area contributed by atoms with Crippen molar-refractivity contribution in [2.75, 3.05) is 58.7 Å². The first-order chi connectivity index (χ1) is 11.3. The molecule has 0 unspecified atom stereocenters. The topological polar surface area (TPSA) is 27.7 Å². The van der Waals surface area contributed by atoms with E-state index in [1.165, 1.54) is 64.7 Å². The lowest BCUT2D eigenvalue weighted by molar-refractivity contribution is 0.0317. The Labute approximate surface area is 146 Å². The molecule has 0 bridgehead atoms. The number of morpholine rings is 1. The first-order valence-electron chi connectivity index (χ1n) is 9.65. The average molecular weight is 342 g/mol. The van der Waals surface area contributed by atoms with Gasteiger partial charge < -0.3 is 15.0 Å². The van der Waals surface area contributed by atoms with Gasteiger partial charge in [-0.25, -0.2) is 0 Å². The molecule has 3 fully saturated rings. The summed E-state index contributed by atoms with van der Waals surface area (Å²) in [5.74, 6) is 0. The number of thioether (sulfide) groups is 1. The number of nitrogens with zero attached hydrogens (tertiary/aromatic N) is 2. The standard InChI is InChI=1S/C18H35N3OS/c1-23-18-4-2-3-17(15-18)19-16-5-7-20(8-6-16)9-10-21-11-13-22-14-12-21/h16-19H,2-15H2,1H3/t17-,18+/m1/s1. The fourth-order valence-electron chi connectivity index (χ4n) is 4.27. The molecule has 0 aromatic carbocycles. The van der Waals surface area contributed by atoms with E-state index in [1.807, 2.05) is 0 Å². The van der Waals surface area contributed by atoms with Gasteiger partial charge in [0.2, 0.25) is 0 Å². The van der Waals surface area contributed by atoms with Crippen molar-refractivity contribution >= 4 is 11.8 Å². The summed E-state index contributed by atoms with van der Waals surface area (Å²) in [5, 5.41) is 4.88. The Morgan fingerprint density at radius 2 is 1.61 bits per heavy atom. The van der Waals surface area contributed by atoms with Gasteiger partial charge in [0.1, 0.15) is 0 Å². The van der Waals surface area contributed by atoms with Crippen LogP contribution in [0, 0.1) is 0 Å². The lowest BCUT2D eigenvalue weighted by atomic mass is 9.93. The fraction of sp³-hybridized carbons (Fsp3) is 1.00. The van der Waals surface area contributed by atoms with Crippen LogP contribution >= 0.6 is 11.8 Å². The minimum atomic E-state index is 0.764. The number of likely N-dealkylation sites (tertiary alicyclic amines) is 1. The van der Waals surface area contributed by atoms with Crippen molar-refractivity contribution in [3.05, 3.63) is 0 Å². The Morgan fingerprint density at radius 1 is 0.913 bits per heavy atom. The molecule has 0 spiro atoms. The Hall–Kier alpha value is 0.190. The van der Waals surface area contributed by atoms with Gasteiger partial charge >= 0.3 is 0 Å². The van der Waals surface area contributed by atoms with Gasteiger partial charge in [0.25, 0.3) is 0 Å². The SMILES string of the molecule is CS[C@H]1CCC[C@@H](NC2CCN(CCN3CCOCC3)CC2)C1. The molecule has 2 heterocycles. The molecule has 0 amide bonds. The second-order valence-electron chi connectivity index (χ2n) is 7.46. The maximum absolute atomic E-state index is 5.43. The van der Waals surface area contributed by atoms with Gasteiger partial charge in [-0.2, -0.15) is 11.8 Å². The first-order valence-corrected chi connectivity index (χ1v) is 10.9. The summed E-state index contributed by atoms with van der Waals surface area (Å²) in [5.41, 5.74) is 0. The van der Waals surface area contributed by atoms with Crippen LogP contribution in [0.25, 0.3) is 0 Å². The lowest BCUT2D eigenvalue weighted by Crippen LogP contribution is -2.49. The van der Waals surface area contributed by atoms with E-state index in [0.29, 0.717) is 0 Å². The van der Waals surface area contributed by atoms with Crippen LogP contribution in [0.1, 0.15) is 38.5 Å². The quantitative estimate of drug-likeness (QED) is 0.798. The van der Waals surface area contributed by atoms with Gasteiger partial charge in [-0.1, -0.05) is 6.42 Å². The smallest absolute Gasteiger partial charge is 0.0594 e. The van der Waals surface area contributed by atoms with E-state index in [2.05, 4.69) is 33.1 Å². The molecule has 2 saturated heterocycles. The number of nitrogens with one attached hydrogen (secondary N) is 1. The summed E-state index contributed by atoms with van der Waals surface area (Å²) in [6.45, 7) is 9.10. The molecule has 1 N–H and O–H groups in total. The minimum Gasteiger partial charge on any atom is -0.379 e. The molecule has 1 aliphatic carbocycles. The van der Waals surface area contributed by atoms with Crippen molar-refractivity contribution in [2.45, 2.75) is 55.9 Å². The molecule has 0 radical (unpaired) electrons. The van der Waals surface area contributed by atoms with E-state index in [1.54, 1.807) is 0 Å². The molecule has 2 aliphatic heterocycles. The van der Waals surface area contributed by atoms with Gasteiger partial charge in [-0.05, 0) is 51.4 Å². The van der Waals surface area contributed by atoms with Gasteiger partial charge in [0, 0.05) is 43.5 Å². The molecule has 5 heteroatoms. The summed E-state index contributed by atoms with van der Waals surface area (Å²) in [6.07, 6.45) is 10.6. The van der Waals surface area contributed by atoms with Crippen molar-refractivity contribution in [3.8, 4) is 0 Å². The largest absolute Gasteiger partial charge is 0.379 e. The van der Waals surface area contributed by atoms with Gasteiger partial charge in [-0.15, -0.1) is 0 Å². The van der Waals surface area contributed by atoms with Gasteiger partial charge in [0.15, 0.2) is 0 Å². The number of rotatable bonds is 6. The van der Waals surface area contributed by atoms with E-state index in [-0.39, 0.29) is 0 Å². The van der Waals surface area contributed by atoms with Gasteiger partial charge in [0.05, 0.1) is 13.2 Å². The van der Waals surface area contributed by atoms with Crippen LogP contribution in [0.15, 0.2) is 0 Å². The minimum absolute atomic E-state index is 0.764. The molecular formula is C18H35N3OS. The summed E-state index contributed by atoms with van der Waals surface area (Å²) in [4.78, 5) is 5.22. The normalized spacial score (nSPS) is 32.2. The zero-order valence-corrected chi connectivity index (χ0v) is 15.7. The van der Waals surface area contributed by atoms with Crippen molar-refractivity contribution in [1.82, 2.24) is 15.1 Å². The first kappa shape index (κ1) is 18.0. The van der Waals surface area contributed by atoms with Crippen LogP contribution in [0.3, 0.4) is 0 Å². The summed E-state index contributed by atoms with van der Waals surface area (Å²) in [6, 6.07) is 1.55. The second kappa shape index (κ2) is 9.62. The molecule has 4 nitrogen and oxygen atoms in total. The van der Waals surface area contributed by atoms with Crippen LogP contribution in [-0.2, 0) is 4.74 Å². The lowest BCUT2D eigenvalue weighted by Gasteiger charge is -2.37. The predicted octanol–water partition coefficient (Wildman–Crippen LogP) is 2.05. The summed E-state index contributed by atoms with van der Waals surface area (Å²) < 4.78 is 5.43. The number of hydrogen-bond acceptors (Lipinski definition) is 5. The molecule has 1 saturated carbocycles. The van der Waals surface area contributed by atoms with E-state index in [9.17, 15) is 0 Å². The Balaban J connectivity index is 1.30.